The molecule has 0 spiro atoms. The van der Waals surface area contributed by atoms with Gasteiger partial charge in [-0.05, 0) is 26.0 Å². The maximum absolute atomic E-state index is 12.0. The number of nitrogens with one attached hydrogen (secondary N) is 1. The van der Waals surface area contributed by atoms with Gasteiger partial charge in [-0.2, -0.15) is 18.7 Å². The summed E-state index contributed by atoms with van der Waals surface area (Å²) in [6, 6.07) is 3.66. The average Bonchev–Trinajstić information content (AvgIpc) is 2.73. The average molecular weight is 305 g/mol. The van der Waals surface area contributed by atoms with Crippen LogP contribution in [0.2, 0.25) is 0 Å². The summed E-state index contributed by atoms with van der Waals surface area (Å²) in [5.41, 5.74) is 4.05. The van der Waals surface area contributed by atoms with Crippen LogP contribution >= 0.6 is 0 Å². The Morgan fingerprint density at radius 3 is 2.81 bits per heavy atom. The first-order valence-corrected chi connectivity index (χ1v) is 6.75. The first-order chi connectivity index (χ1) is 9.89. The van der Waals surface area contributed by atoms with Gasteiger partial charge in [0.1, 0.15) is 17.6 Å². The zero-order valence-electron chi connectivity index (χ0n) is 11.9. The van der Waals surface area contributed by atoms with Crippen molar-refractivity contribution in [3.05, 3.63) is 23.3 Å². The van der Waals surface area contributed by atoms with E-state index >= 15 is 0 Å². The van der Waals surface area contributed by atoms with E-state index < -0.39 is 12.8 Å². The van der Waals surface area contributed by atoms with Gasteiger partial charge in [0.15, 0.2) is 6.61 Å². The summed E-state index contributed by atoms with van der Waals surface area (Å²) in [5.74, 6) is 1.38. The highest BCUT2D eigenvalue weighted by molar-refractivity contribution is 5.48. The molecule has 0 aliphatic carbocycles. The quantitative estimate of drug-likeness (QED) is 0.648. The SMILES string of the molecule is CCOc1cc2c(cc1CNOCC(F)(F)F)OC(C)C2. The maximum Gasteiger partial charge on any atom is 0.413 e. The Morgan fingerprint density at radius 2 is 2.14 bits per heavy atom. The lowest BCUT2D eigenvalue weighted by Gasteiger charge is -2.14. The largest absolute Gasteiger partial charge is 0.494 e. The van der Waals surface area contributed by atoms with Crippen LogP contribution in [0.25, 0.3) is 0 Å². The number of hydroxylamine groups is 1. The van der Waals surface area contributed by atoms with Gasteiger partial charge in [0, 0.05) is 24.1 Å². The van der Waals surface area contributed by atoms with Gasteiger partial charge in [-0.15, -0.1) is 0 Å². The minimum Gasteiger partial charge on any atom is -0.494 e. The predicted molar refractivity (Wildman–Crippen MR) is 70.3 cm³/mol. The van der Waals surface area contributed by atoms with E-state index in [1.54, 1.807) is 6.07 Å². The standard InChI is InChI=1S/C14H18F3NO3/c1-3-19-12-5-10-4-9(2)21-13(10)6-11(12)7-18-20-8-14(15,16)17/h5-6,9,18H,3-4,7-8H2,1-2H3. The molecule has 1 aromatic rings. The van der Waals surface area contributed by atoms with Crippen LogP contribution in [0.4, 0.5) is 13.2 Å². The lowest BCUT2D eigenvalue weighted by atomic mass is 10.1. The molecule has 0 saturated carbocycles. The first kappa shape index (κ1) is 15.9. The molecule has 21 heavy (non-hydrogen) atoms. The fourth-order valence-electron chi connectivity index (χ4n) is 2.17. The van der Waals surface area contributed by atoms with Gasteiger partial charge in [-0.1, -0.05) is 0 Å². The molecule has 0 saturated heterocycles. The van der Waals surface area contributed by atoms with Crippen LogP contribution < -0.4 is 15.0 Å². The number of rotatable bonds is 6. The van der Waals surface area contributed by atoms with Crippen LogP contribution in [0.15, 0.2) is 12.1 Å². The van der Waals surface area contributed by atoms with E-state index in [4.69, 9.17) is 9.47 Å². The summed E-state index contributed by atoms with van der Waals surface area (Å²) < 4.78 is 47.1. The molecule has 2 rings (SSSR count). The second kappa shape index (κ2) is 6.53. The molecule has 1 aromatic carbocycles. The van der Waals surface area contributed by atoms with Crippen molar-refractivity contribution in [2.75, 3.05) is 13.2 Å². The summed E-state index contributed by atoms with van der Waals surface area (Å²) in [6.45, 7) is 3.06. The van der Waals surface area contributed by atoms with E-state index in [9.17, 15) is 13.2 Å². The van der Waals surface area contributed by atoms with Crippen molar-refractivity contribution >= 4 is 0 Å². The van der Waals surface area contributed by atoms with Gasteiger partial charge in [-0.3, -0.25) is 4.84 Å². The molecule has 7 heteroatoms. The fourth-order valence-corrected chi connectivity index (χ4v) is 2.17. The molecule has 1 aliphatic rings. The fraction of sp³-hybridized carbons (Fsp3) is 0.571. The third-order valence-corrected chi connectivity index (χ3v) is 2.98. The molecule has 0 aromatic heterocycles. The molecular formula is C14H18F3NO3. The Labute approximate surface area is 121 Å². The molecule has 1 atom stereocenters. The summed E-state index contributed by atoms with van der Waals surface area (Å²) in [5, 5.41) is 0. The van der Waals surface area contributed by atoms with E-state index in [0.717, 1.165) is 17.7 Å². The molecule has 1 aliphatic heterocycles. The topological polar surface area (TPSA) is 39.7 Å². The van der Waals surface area contributed by atoms with Crippen molar-refractivity contribution < 1.29 is 27.5 Å². The number of benzene rings is 1. The van der Waals surface area contributed by atoms with Gasteiger partial charge in [0.05, 0.1) is 6.61 Å². The number of ether oxygens (including phenoxy) is 2. The van der Waals surface area contributed by atoms with Gasteiger partial charge in [-0.25, -0.2) is 0 Å². The van der Waals surface area contributed by atoms with Crippen molar-refractivity contribution in [2.24, 2.45) is 0 Å². The van der Waals surface area contributed by atoms with E-state index in [1.165, 1.54) is 0 Å². The highest BCUT2D eigenvalue weighted by Crippen LogP contribution is 2.35. The first-order valence-electron chi connectivity index (χ1n) is 6.75. The van der Waals surface area contributed by atoms with Crippen LogP contribution in [0.1, 0.15) is 25.0 Å². The third-order valence-electron chi connectivity index (χ3n) is 2.98. The molecule has 1 N–H and O–H groups in total. The Balaban J connectivity index is 2.02. The Bertz CT molecular complexity index is 491. The Kier molecular flexibility index (Phi) is 4.95. The molecule has 0 fully saturated rings. The van der Waals surface area contributed by atoms with Crippen LogP contribution in [0.3, 0.4) is 0 Å². The highest BCUT2D eigenvalue weighted by atomic mass is 19.4. The van der Waals surface area contributed by atoms with E-state index in [1.807, 2.05) is 19.9 Å². The Morgan fingerprint density at radius 1 is 1.38 bits per heavy atom. The van der Waals surface area contributed by atoms with Crippen molar-refractivity contribution in [2.45, 2.75) is 39.1 Å². The number of hydrogen-bond donors (Lipinski definition) is 1. The van der Waals surface area contributed by atoms with Gasteiger partial charge >= 0.3 is 6.18 Å². The molecule has 0 amide bonds. The van der Waals surface area contributed by atoms with E-state index in [-0.39, 0.29) is 12.6 Å². The van der Waals surface area contributed by atoms with Crippen LogP contribution in [-0.2, 0) is 17.8 Å². The molecular weight excluding hydrogens is 287 g/mol. The second-order valence-electron chi connectivity index (χ2n) is 4.86. The lowest BCUT2D eigenvalue weighted by molar-refractivity contribution is -0.190. The minimum atomic E-state index is -4.35. The molecule has 4 nitrogen and oxygen atoms in total. The van der Waals surface area contributed by atoms with Crippen molar-refractivity contribution in [3.8, 4) is 11.5 Å². The van der Waals surface area contributed by atoms with Crippen molar-refractivity contribution in [1.29, 1.82) is 0 Å². The summed E-state index contributed by atoms with van der Waals surface area (Å²) in [7, 11) is 0. The van der Waals surface area contributed by atoms with Gasteiger partial charge in [0.25, 0.3) is 0 Å². The third kappa shape index (κ3) is 4.50. The number of hydrogen-bond acceptors (Lipinski definition) is 4. The zero-order valence-corrected chi connectivity index (χ0v) is 11.9. The van der Waals surface area contributed by atoms with E-state index in [0.29, 0.717) is 17.9 Å². The molecule has 1 unspecified atom stereocenters. The van der Waals surface area contributed by atoms with Crippen LogP contribution in [0.5, 0.6) is 11.5 Å². The Hall–Kier alpha value is -1.47. The number of fused-ring (bicyclic) bond motifs is 1. The smallest absolute Gasteiger partial charge is 0.413 e. The van der Waals surface area contributed by atoms with Gasteiger partial charge < -0.3 is 9.47 Å². The predicted octanol–water partition coefficient (Wildman–Crippen LogP) is 2.99. The maximum atomic E-state index is 12.0. The van der Waals surface area contributed by atoms with E-state index in [2.05, 4.69) is 10.3 Å². The summed E-state index contributed by atoms with van der Waals surface area (Å²) in [4.78, 5) is 4.40. The molecule has 118 valence electrons. The molecule has 0 bridgehead atoms. The highest BCUT2D eigenvalue weighted by Gasteiger charge is 2.28. The zero-order chi connectivity index (χ0) is 15.5. The monoisotopic (exact) mass is 305 g/mol. The minimum absolute atomic E-state index is 0.0964. The lowest BCUT2D eigenvalue weighted by Crippen LogP contribution is -2.24. The molecule has 0 radical (unpaired) electrons. The number of alkyl halides is 3. The number of halogens is 3. The summed E-state index contributed by atoms with van der Waals surface area (Å²) in [6.07, 6.45) is -3.46. The van der Waals surface area contributed by atoms with Gasteiger partial charge in [0.2, 0.25) is 0 Å². The molecule has 1 heterocycles. The second-order valence-corrected chi connectivity index (χ2v) is 4.86. The summed E-state index contributed by atoms with van der Waals surface area (Å²) >= 11 is 0. The van der Waals surface area contributed by atoms with Crippen LogP contribution in [-0.4, -0.2) is 25.5 Å². The normalized spacial score (nSPS) is 17.5. The van der Waals surface area contributed by atoms with Crippen molar-refractivity contribution in [3.63, 3.8) is 0 Å². The van der Waals surface area contributed by atoms with Crippen LogP contribution in [0, 0.1) is 0 Å². The van der Waals surface area contributed by atoms with Crippen molar-refractivity contribution in [1.82, 2.24) is 5.48 Å².